The van der Waals surface area contributed by atoms with Gasteiger partial charge in [-0.15, -0.1) is 0 Å². The molecule has 7 atom stereocenters. The Morgan fingerprint density at radius 2 is 1.93 bits per heavy atom. The van der Waals surface area contributed by atoms with Crippen molar-refractivity contribution in [3.63, 3.8) is 0 Å². The van der Waals surface area contributed by atoms with Crippen molar-refractivity contribution >= 4 is 5.97 Å². The zero-order valence-corrected chi connectivity index (χ0v) is 17.2. The summed E-state index contributed by atoms with van der Waals surface area (Å²) in [6.07, 6.45) is 8.29. The third kappa shape index (κ3) is 2.98. The molecule has 4 rings (SSSR count). The standard InChI is InChI=1S/C25H31NO2/c1-16(2)21-12-9-17(3)13-22(21)28-24(27)25(15-26)20-11-10-19(14-20)23(25)18-7-5-4-6-8-18/h4-8,10-11,16-17,19-23H,9,12-14H2,1-3H3/t17-,19-,20+,21+,22-,23-,25-/m1/s1. The minimum absolute atomic E-state index is 0.0429. The second-order valence-electron chi connectivity index (χ2n) is 9.53. The minimum atomic E-state index is -1.09. The van der Waals surface area contributed by atoms with Gasteiger partial charge in [0.2, 0.25) is 0 Å². The molecule has 2 saturated carbocycles. The van der Waals surface area contributed by atoms with Crippen molar-refractivity contribution in [2.75, 3.05) is 0 Å². The van der Waals surface area contributed by atoms with Crippen LogP contribution in [0.15, 0.2) is 42.5 Å². The summed E-state index contributed by atoms with van der Waals surface area (Å²) >= 11 is 0. The first-order valence-corrected chi connectivity index (χ1v) is 10.8. The van der Waals surface area contributed by atoms with Crippen LogP contribution in [0.4, 0.5) is 0 Å². The Hall–Kier alpha value is -2.08. The molecular weight excluding hydrogens is 346 g/mol. The Morgan fingerprint density at radius 3 is 2.61 bits per heavy atom. The average molecular weight is 378 g/mol. The summed E-state index contributed by atoms with van der Waals surface area (Å²) < 4.78 is 6.22. The Morgan fingerprint density at radius 1 is 1.18 bits per heavy atom. The second kappa shape index (κ2) is 7.39. The van der Waals surface area contributed by atoms with Gasteiger partial charge >= 0.3 is 5.97 Å². The summed E-state index contributed by atoms with van der Waals surface area (Å²) in [6, 6.07) is 12.6. The number of fused-ring (bicyclic) bond motifs is 2. The first-order chi connectivity index (χ1) is 13.5. The van der Waals surface area contributed by atoms with E-state index in [4.69, 9.17) is 4.74 Å². The van der Waals surface area contributed by atoms with Gasteiger partial charge in [-0.3, -0.25) is 4.79 Å². The smallest absolute Gasteiger partial charge is 0.328 e. The fourth-order valence-electron chi connectivity index (χ4n) is 6.01. The molecule has 1 aromatic carbocycles. The van der Waals surface area contributed by atoms with Crippen molar-refractivity contribution in [1.82, 2.24) is 0 Å². The Kier molecular flexibility index (Phi) is 5.08. The highest BCUT2D eigenvalue weighted by Gasteiger charge is 2.63. The molecule has 0 heterocycles. The zero-order valence-electron chi connectivity index (χ0n) is 17.2. The fraction of sp³-hybridized carbons (Fsp3) is 0.600. The number of nitriles is 1. The zero-order chi connectivity index (χ0) is 19.9. The number of rotatable bonds is 4. The Labute approximate surface area is 168 Å². The minimum Gasteiger partial charge on any atom is -0.461 e. The number of carbonyl (C=O) groups excluding carboxylic acids is 1. The lowest BCUT2D eigenvalue weighted by Crippen LogP contribution is -2.45. The monoisotopic (exact) mass is 377 g/mol. The highest BCUT2D eigenvalue weighted by molar-refractivity contribution is 5.84. The van der Waals surface area contributed by atoms with E-state index in [1.807, 2.05) is 18.2 Å². The normalized spacial score (nSPS) is 39.1. The number of nitrogens with zero attached hydrogens (tertiary/aromatic N) is 1. The molecule has 148 valence electrons. The molecule has 1 aromatic rings. The third-order valence-corrected chi connectivity index (χ3v) is 7.52. The van der Waals surface area contributed by atoms with E-state index in [-0.39, 0.29) is 29.8 Å². The SMILES string of the molecule is CC(C)[C@@H]1CC[C@@H](C)C[C@H]1OC(=O)[C@@]1(C#N)[C@H](c2ccccc2)[C@@H]2C=C[C@H]1C2. The van der Waals surface area contributed by atoms with Crippen LogP contribution in [0.25, 0.3) is 0 Å². The highest BCUT2D eigenvalue weighted by Crippen LogP contribution is 2.61. The first kappa shape index (κ1) is 19.2. The second-order valence-corrected chi connectivity index (χ2v) is 9.53. The van der Waals surface area contributed by atoms with Crippen LogP contribution in [0.1, 0.15) is 57.9 Å². The van der Waals surface area contributed by atoms with Crippen LogP contribution >= 0.6 is 0 Å². The van der Waals surface area contributed by atoms with Gasteiger partial charge in [-0.1, -0.05) is 69.7 Å². The number of ether oxygens (including phenoxy) is 1. The van der Waals surface area contributed by atoms with Gasteiger partial charge in [-0.2, -0.15) is 5.26 Å². The Bertz CT molecular complexity index is 793. The molecule has 0 amide bonds. The van der Waals surface area contributed by atoms with Crippen molar-refractivity contribution in [2.24, 2.45) is 35.0 Å². The fourth-order valence-corrected chi connectivity index (χ4v) is 6.01. The van der Waals surface area contributed by atoms with Gasteiger partial charge in [0, 0.05) is 11.8 Å². The van der Waals surface area contributed by atoms with Gasteiger partial charge in [-0.25, -0.2) is 0 Å². The van der Waals surface area contributed by atoms with E-state index in [1.165, 1.54) is 6.42 Å². The summed E-state index contributed by atoms with van der Waals surface area (Å²) in [5.41, 5.74) is -0.0153. The molecule has 3 nitrogen and oxygen atoms in total. The molecule has 2 bridgehead atoms. The topological polar surface area (TPSA) is 50.1 Å². The van der Waals surface area contributed by atoms with E-state index in [1.54, 1.807) is 0 Å². The van der Waals surface area contributed by atoms with Crippen LogP contribution < -0.4 is 0 Å². The van der Waals surface area contributed by atoms with E-state index in [9.17, 15) is 10.1 Å². The lowest BCUT2D eigenvalue weighted by atomic mass is 9.66. The summed E-state index contributed by atoms with van der Waals surface area (Å²) in [7, 11) is 0. The van der Waals surface area contributed by atoms with Crippen molar-refractivity contribution in [2.45, 2.75) is 58.5 Å². The summed E-state index contributed by atoms with van der Waals surface area (Å²) in [4.78, 5) is 13.6. The molecule has 2 fully saturated rings. The van der Waals surface area contributed by atoms with Crippen molar-refractivity contribution in [3.05, 3.63) is 48.0 Å². The van der Waals surface area contributed by atoms with E-state index in [0.29, 0.717) is 17.8 Å². The highest BCUT2D eigenvalue weighted by atomic mass is 16.5. The number of allylic oxidation sites excluding steroid dienone is 2. The first-order valence-electron chi connectivity index (χ1n) is 10.8. The maximum atomic E-state index is 13.6. The number of carbonyl (C=O) groups is 1. The predicted octanol–water partition coefficient (Wildman–Crippen LogP) is 5.49. The van der Waals surface area contributed by atoms with Gasteiger partial charge in [-0.05, 0) is 48.5 Å². The van der Waals surface area contributed by atoms with Crippen molar-refractivity contribution in [1.29, 1.82) is 5.26 Å². The molecule has 0 aliphatic heterocycles. The summed E-state index contributed by atoms with van der Waals surface area (Å²) in [6.45, 7) is 6.67. The maximum absolute atomic E-state index is 13.6. The molecule has 28 heavy (non-hydrogen) atoms. The van der Waals surface area contributed by atoms with E-state index < -0.39 is 5.41 Å². The molecule has 3 heteroatoms. The number of benzene rings is 1. The molecular formula is C25H31NO2. The van der Waals surface area contributed by atoms with Crippen LogP contribution in [0.5, 0.6) is 0 Å². The molecule has 0 unspecified atom stereocenters. The van der Waals surface area contributed by atoms with E-state index in [2.05, 4.69) is 51.1 Å². The Balaban J connectivity index is 1.66. The van der Waals surface area contributed by atoms with Gasteiger partial charge in [0.25, 0.3) is 0 Å². The van der Waals surface area contributed by atoms with Crippen LogP contribution in [-0.4, -0.2) is 12.1 Å². The summed E-state index contributed by atoms with van der Waals surface area (Å²) in [5, 5.41) is 10.3. The molecule has 0 aromatic heterocycles. The third-order valence-electron chi connectivity index (χ3n) is 7.52. The van der Waals surface area contributed by atoms with Crippen molar-refractivity contribution < 1.29 is 9.53 Å². The molecule has 0 radical (unpaired) electrons. The largest absolute Gasteiger partial charge is 0.461 e. The van der Waals surface area contributed by atoms with Gasteiger partial charge in [0.15, 0.2) is 5.41 Å². The molecule has 3 aliphatic carbocycles. The van der Waals surface area contributed by atoms with Gasteiger partial charge in [0.1, 0.15) is 6.10 Å². The predicted molar refractivity (Wildman–Crippen MR) is 109 cm³/mol. The van der Waals surface area contributed by atoms with Gasteiger partial charge in [0.05, 0.1) is 6.07 Å². The van der Waals surface area contributed by atoms with E-state index in [0.717, 1.165) is 24.8 Å². The molecule has 0 spiro atoms. The molecule has 0 saturated heterocycles. The van der Waals surface area contributed by atoms with Gasteiger partial charge < -0.3 is 4.74 Å². The number of esters is 1. The summed E-state index contributed by atoms with van der Waals surface area (Å²) in [5.74, 6) is 1.23. The lowest BCUT2D eigenvalue weighted by Gasteiger charge is -2.40. The van der Waals surface area contributed by atoms with Crippen LogP contribution in [0, 0.1) is 46.3 Å². The van der Waals surface area contributed by atoms with E-state index >= 15 is 0 Å². The lowest BCUT2D eigenvalue weighted by molar-refractivity contribution is -0.167. The van der Waals surface area contributed by atoms with Crippen LogP contribution in [0.2, 0.25) is 0 Å². The molecule has 3 aliphatic rings. The number of hydrogen-bond acceptors (Lipinski definition) is 3. The van der Waals surface area contributed by atoms with Crippen molar-refractivity contribution in [3.8, 4) is 6.07 Å². The van der Waals surface area contributed by atoms with Crippen LogP contribution in [0.3, 0.4) is 0 Å². The average Bonchev–Trinajstić information content (AvgIpc) is 3.28. The quantitative estimate of drug-likeness (QED) is 0.515. The van der Waals surface area contributed by atoms with Crippen LogP contribution in [-0.2, 0) is 9.53 Å². The maximum Gasteiger partial charge on any atom is 0.328 e. The molecule has 0 N–H and O–H groups in total. The number of hydrogen-bond donors (Lipinski definition) is 0.